The van der Waals surface area contributed by atoms with Gasteiger partial charge < -0.3 is 14.5 Å². The van der Waals surface area contributed by atoms with E-state index in [2.05, 4.69) is 10.3 Å². The van der Waals surface area contributed by atoms with Gasteiger partial charge in [-0.2, -0.15) is 0 Å². The fraction of sp³-hybridized carbons (Fsp3) is 0.174. The Hall–Kier alpha value is -3.18. The molecular formula is C23H21FN2O2. The standard InChI is InChI=1S/C23H21FN2O2/c1-27-21-10-9-16(15-25-13-11-17-6-4-5-12-26-17)19-14-22(28-23(19)21)18-7-2-3-8-20(18)24/h2-10,12,14,25H,11,13,15H2,1H3. The summed E-state index contributed by atoms with van der Waals surface area (Å²) in [4.78, 5) is 4.33. The van der Waals surface area contributed by atoms with Crippen LogP contribution in [0.5, 0.6) is 5.75 Å². The maximum atomic E-state index is 14.2. The molecule has 5 heteroatoms. The fourth-order valence-electron chi connectivity index (χ4n) is 3.25. The fourth-order valence-corrected chi connectivity index (χ4v) is 3.25. The number of fused-ring (bicyclic) bond motifs is 1. The molecule has 28 heavy (non-hydrogen) atoms. The van der Waals surface area contributed by atoms with Gasteiger partial charge >= 0.3 is 0 Å². The van der Waals surface area contributed by atoms with Gasteiger partial charge in [0.05, 0.1) is 12.7 Å². The van der Waals surface area contributed by atoms with Crippen LogP contribution in [0.15, 0.2) is 71.3 Å². The molecule has 0 aliphatic rings. The van der Waals surface area contributed by atoms with Crippen LogP contribution in [0.2, 0.25) is 0 Å². The Labute approximate surface area is 163 Å². The second kappa shape index (κ2) is 8.23. The van der Waals surface area contributed by atoms with E-state index >= 15 is 0 Å². The van der Waals surface area contributed by atoms with Crippen LogP contribution in [0.4, 0.5) is 4.39 Å². The molecule has 4 aromatic rings. The molecule has 142 valence electrons. The van der Waals surface area contributed by atoms with Crippen molar-refractivity contribution in [2.24, 2.45) is 0 Å². The van der Waals surface area contributed by atoms with E-state index in [1.165, 1.54) is 6.07 Å². The third-order valence-electron chi connectivity index (χ3n) is 4.70. The summed E-state index contributed by atoms with van der Waals surface area (Å²) in [5.74, 6) is 0.817. The number of nitrogens with one attached hydrogen (secondary N) is 1. The molecule has 2 aromatic heterocycles. The molecule has 4 nitrogen and oxygen atoms in total. The van der Waals surface area contributed by atoms with Crippen molar-refractivity contribution >= 4 is 11.0 Å². The van der Waals surface area contributed by atoms with Crippen molar-refractivity contribution in [3.63, 3.8) is 0 Å². The number of benzene rings is 2. The molecule has 0 bridgehead atoms. The highest BCUT2D eigenvalue weighted by atomic mass is 19.1. The summed E-state index contributed by atoms with van der Waals surface area (Å²) in [5.41, 5.74) is 3.20. The van der Waals surface area contributed by atoms with Crippen LogP contribution in [0.25, 0.3) is 22.3 Å². The predicted molar refractivity (Wildman–Crippen MR) is 108 cm³/mol. The number of hydrogen-bond acceptors (Lipinski definition) is 4. The van der Waals surface area contributed by atoms with E-state index in [0.717, 1.165) is 29.6 Å². The Morgan fingerprint density at radius 3 is 2.71 bits per heavy atom. The molecule has 0 aliphatic heterocycles. The summed E-state index contributed by atoms with van der Waals surface area (Å²) in [6.07, 6.45) is 2.66. The SMILES string of the molecule is COc1ccc(CNCCc2ccccn2)c2cc(-c3ccccc3F)oc12. The first-order chi connectivity index (χ1) is 13.8. The lowest BCUT2D eigenvalue weighted by molar-refractivity contribution is 0.410. The number of methoxy groups -OCH3 is 1. The van der Waals surface area contributed by atoms with Crippen molar-refractivity contribution in [2.75, 3.05) is 13.7 Å². The highest BCUT2D eigenvalue weighted by Gasteiger charge is 2.16. The smallest absolute Gasteiger partial charge is 0.176 e. The molecule has 0 amide bonds. The lowest BCUT2D eigenvalue weighted by Gasteiger charge is -2.08. The Morgan fingerprint density at radius 1 is 1.07 bits per heavy atom. The molecular weight excluding hydrogens is 355 g/mol. The van der Waals surface area contributed by atoms with Crippen LogP contribution >= 0.6 is 0 Å². The number of pyridine rings is 1. The lowest BCUT2D eigenvalue weighted by Crippen LogP contribution is -2.17. The molecule has 0 radical (unpaired) electrons. The number of hydrogen-bond donors (Lipinski definition) is 1. The van der Waals surface area contributed by atoms with Crippen molar-refractivity contribution in [3.8, 4) is 17.1 Å². The molecule has 4 rings (SSSR count). The van der Waals surface area contributed by atoms with Gasteiger partial charge in [-0.05, 0) is 42.0 Å². The average molecular weight is 376 g/mol. The summed E-state index contributed by atoms with van der Waals surface area (Å²) >= 11 is 0. The van der Waals surface area contributed by atoms with Crippen molar-refractivity contribution in [1.82, 2.24) is 10.3 Å². The normalized spacial score (nSPS) is 11.1. The van der Waals surface area contributed by atoms with Gasteiger partial charge in [-0.3, -0.25) is 4.98 Å². The van der Waals surface area contributed by atoms with Gasteiger partial charge in [0.1, 0.15) is 11.6 Å². The first-order valence-corrected chi connectivity index (χ1v) is 9.21. The van der Waals surface area contributed by atoms with Crippen molar-refractivity contribution in [1.29, 1.82) is 0 Å². The van der Waals surface area contributed by atoms with Gasteiger partial charge in [-0.1, -0.05) is 24.3 Å². The molecule has 0 saturated heterocycles. The second-order valence-electron chi connectivity index (χ2n) is 6.51. The number of nitrogens with zero attached hydrogens (tertiary/aromatic N) is 1. The van der Waals surface area contributed by atoms with Gasteiger partial charge in [0.15, 0.2) is 11.3 Å². The van der Waals surface area contributed by atoms with Crippen LogP contribution in [0.3, 0.4) is 0 Å². The van der Waals surface area contributed by atoms with E-state index in [0.29, 0.717) is 29.2 Å². The van der Waals surface area contributed by atoms with E-state index in [1.54, 1.807) is 31.5 Å². The summed E-state index contributed by atoms with van der Waals surface area (Å²) in [6, 6.07) is 18.3. The zero-order valence-electron chi connectivity index (χ0n) is 15.6. The lowest BCUT2D eigenvalue weighted by atomic mass is 10.1. The third kappa shape index (κ3) is 3.75. The molecule has 0 fully saturated rings. The quantitative estimate of drug-likeness (QED) is 0.463. The topological polar surface area (TPSA) is 47.3 Å². The molecule has 0 unspecified atom stereocenters. The monoisotopic (exact) mass is 376 g/mol. The minimum Gasteiger partial charge on any atom is -0.493 e. The zero-order chi connectivity index (χ0) is 19.3. The Morgan fingerprint density at radius 2 is 1.93 bits per heavy atom. The zero-order valence-corrected chi connectivity index (χ0v) is 15.6. The van der Waals surface area contributed by atoms with Gasteiger partial charge in [-0.25, -0.2) is 4.39 Å². The number of halogens is 1. The largest absolute Gasteiger partial charge is 0.493 e. The Bertz CT molecular complexity index is 1080. The molecule has 1 N–H and O–H groups in total. The summed E-state index contributed by atoms with van der Waals surface area (Å²) in [6.45, 7) is 1.48. The Balaban J connectivity index is 1.57. The molecule has 0 spiro atoms. The van der Waals surface area contributed by atoms with Gasteiger partial charge in [0.2, 0.25) is 0 Å². The molecule has 0 aliphatic carbocycles. The van der Waals surface area contributed by atoms with E-state index in [4.69, 9.17) is 9.15 Å². The maximum absolute atomic E-state index is 14.2. The van der Waals surface area contributed by atoms with Gasteiger partial charge in [0.25, 0.3) is 0 Å². The van der Waals surface area contributed by atoms with Crippen LogP contribution < -0.4 is 10.1 Å². The summed E-state index contributed by atoms with van der Waals surface area (Å²) in [5, 5.41) is 4.36. The molecule has 2 heterocycles. The minimum atomic E-state index is -0.310. The predicted octanol–water partition coefficient (Wildman–Crippen LogP) is 4.97. The summed E-state index contributed by atoms with van der Waals surface area (Å²) in [7, 11) is 1.60. The van der Waals surface area contributed by atoms with Crippen molar-refractivity contribution < 1.29 is 13.5 Å². The van der Waals surface area contributed by atoms with Crippen LogP contribution in [0, 0.1) is 5.82 Å². The van der Waals surface area contributed by atoms with E-state index in [1.807, 2.05) is 36.4 Å². The Kier molecular flexibility index (Phi) is 5.35. The number of aromatic nitrogens is 1. The molecule has 2 aromatic carbocycles. The highest BCUT2D eigenvalue weighted by Crippen LogP contribution is 2.36. The van der Waals surface area contributed by atoms with E-state index in [-0.39, 0.29) is 5.82 Å². The first kappa shape index (κ1) is 18.2. The minimum absolute atomic E-state index is 0.310. The van der Waals surface area contributed by atoms with E-state index in [9.17, 15) is 4.39 Å². The average Bonchev–Trinajstić information content (AvgIpc) is 3.18. The number of rotatable bonds is 7. The number of ether oxygens (including phenoxy) is 1. The first-order valence-electron chi connectivity index (χ1n) is 9.21. The second-order valence-corrected chi connectivity index (χ2v) is 6.51. The van der Waals surface area contributed by atoms with Crippen molar-refractivity contribution in [3.05, 3.63) is 83.9 Å². The molecule has 0 atom stereocenters. The summed E-state index contributed by atoms with van der Waals surface area (Å²) < 4.78 is 25.6. The van der Waals surface area contributed by atoms with Crippen LogP contribution in [0.1, 0.15) is 11.3 Å². The van der Waals surface area contributed by atoms with Crippen LogP contribution in [-0.2, 0) is 13.0 Å². The van der Waals surface area contributed by atoms with Crippen molar-refractivity contribution in [2.45, 2.75) is 13.0 Å². The van der Waals surface area contributed by atoms with Gasteiger partial charge in [-0.15, -0.1) is 0 Å². The van der Waals surface area contributed by atoms with E-state index < -0.39 is 0 Å². The highest BCUT2D eigenvalue weighted by molar-refractivity contribution is 5.90. The maximum Gasteiger partial charge on any atom is 0.176 e. The third-order valence-corrected chi connectivity index (χ3v) is 4.70. The van der Waals surface area contributed by atoms with Crippen LogP contribution in [-0.4, -0.2) is 18.6 Å². The molecule has 0 saturated carbocycles. The van der Waals surface area contributed by atoms with Gasteiger partial charge in [0, 0.05) is 36.8 Å². The number of furan rings is 1.